The van der Waals surface area contributed by atoms with Gasteiger partial charge in [-0.2, -0.15) is 0 Å². The van der Waals surface area contributed by atoms with Crippen LogP contribution in [0.1, 0.15) is 38.8 Å². The van der Waals surface area contributed by atoms with Crippen molar-refractivity contribution in [3.63, 3.8) is 0 Å². The van der Waals surface area contributed by atoms with Crippen molar-refractivity contribution in [2.75, 3.05) is 5.75 Å². The summed E-state index contributed by atoms with van der Waals surface area (Å²) < 4.78 is 0. The van der Waals surface area contributed by atoms with Gasteiger partial charge in [0.1, 0.15) is 6.04 Å². The van der Waals surface area contributed by atoms with Crippen molar-refractivity contribution in [3.05, 3.63) is 69.7 Å². The Morgan fingerprint density at radius 1 is 1.07 bits per heavy atom. The molecule has 7 heteroatoms. The SMILES string of the molecule is C[C@@H](C(=O)NC(C)(C)C)N(Cc1ccc(Cl)cc1)C(=O)CSCc1ccccc1Cl. The number of carbonyl (C=O) groups excluding carboxylic acids is 2. The van der Waals surface area contributed by atoms with Crippen molar-refractivity contribution in [2.45, 2.75) is 51.6 Å². The Hall–Kier alpha value is -1.69. The molecule has 0 bridgehead atoms. The second-order valence-electron chi connectivity index (χ2n) is 8.15. The van der Waals surface area contributed by atoms with E-state index in [-0.39, 0.29) is 23.1 Å². The molecule has 4 nitrogen and oxygen atoms in total. The molecule has 2 rings (SSSR count). The first-order chi connectivity index (χ1) is 14.1. The van der Waals surface area contributed by atoms with Crippen LogP contribution in [0.2, 0.25) is 10.0 Å². The third-order valence-electron chi connectivity index (χ3n) is 4.37. The Kier molecular flexibility index (Phi) is 9.08. The Balaban J connectivity index is 2.10. The van der Waals surface area contributed by atoms with E-state index in [1.807, 2.05) is 57.2 Å². The highest BCUT2D eigenvalue weighted by molar-refractivity contribution is 7.99. The molecule has 1 atom stereocenters. The molecule has 0 aliphatic rings. The Morgan fingerprint density at radius 2 is 1.70 bits per heavy atom. The zero-order valence-corrected chi connectivity index (χ0v) is 20.1. The summed E-state index contributed by atoms with van der Waals surface area (Å²) in [4.78, 5) is 27.4. The molecule has 0 saturated carbocycles. The van der Waals surface area contributed by atoms with Gasteiger partial charge in [-0.05, 0) is 57.0 Å². The molecule has 2 amide bonds. The second kappa shape index (κ2) is 11.1. The van der Waals surface area contributed by atoms with Crippen LogP contribution in [0, 0.1) is 0 Å². The fraction of sp³-hybridized carbons (Fsp3) is 0.391. The summed E-state index contributed by atoms with van der Waals surface area (Å²) >= 11 is 13.7. The summed E-state index contributed by atoms with van der Waals surface area (Å²) in [5.74, 6) is 0.605. The van der Waals surface area contributed by atoms with Crippen LogP contribution in [-0.4, -0.2) is 34.0 Å². The third-order valence-corrected chi connectivity index (χ3v) is 5.96. The lowest BCUT2D eigenvalue weighted by Gasteiger charge is -2.31. The number of rotatable bonds is 8. The summed E-state index contributed by atoms with van der Waals surface area (Å²) in [5, 5.41) is 4.28. The summed E-state index contributed by atoms with van der Waals surface area (Å²) in [5.41, 5.74) is 1.53. The van der Waals surface area contributed by atoms with Gasteiger partial charge < -0.3 is 10.2 Å². The van der Waals surface area contributed by atoms with Crippen molar-refractivity contribution >= 4 is 46.8 Å². The molecule has 0 heterocycles. The van der Waals surface area contributed by atoms with Crippen LogP contribution in [0.25, 0.3) is 0 Å². The van der Waals surface area contributed by atoms with Crippen LogP contribution in [-0.2, 0) is 21.9 Å². The minimum atomic E-state index is -0.603. The number of amides is 2. The van der Waals surface area contributed by atoms with Crippen LogP contribution >= 0.6 is 35.0 Å². The van der Waals surface area contributed by atoms with E-state index in [9.17, 15) is 9.59 Å². The fourth-order valence-electron chi connectivity index (χ4n) is 2.79. The lowest BCUT2D eigenvalue weighted by Crippen LogP contribution is -2.52. The molecule has 1 N–H and O–H groups in total. The number of hydrogen-bond donors (Lipinski definition) is 1. The number of carbonyl (C=O) groups is 2. The lowest BCUT2D eigenvalue weighted by atomic mass is 10.1. The minimum absolute atomic E-state index is 0.0986. The molecule has 162 valence electrons. The maximum absolute atomic E-state index is 13.1. The predicted octanol–water partition coefficient (Wildman–Crippen LogP) is 5.56. The highest BCUT2D eigenvalue weighted by Crippen LogP contribution is 2.22. The van der Waals surface area contributed by atoms with Crippen LogP contribution in [0.5, 0.6) is 0 Å². The van der Waals surface area contributed by atoms with Gasteiger partial charge in [0.15, 0.2) is 0 Å². The van der Waals surface area contributed by atoms with E-state index in [0.29, 0.717) is 22.3 Å². The first kappa shape index (κ1) is 24.6. The lowest BCUT2D eigenvalue weighted by molar-refractivity contribution is -0.139. The number of nitrogens with zero attached hydrogens (tertiary/aromatic N) is 1. The number of hydrogen-bond acceptors (Lipinski definition) is 3. The highest BCUT2D eigenvalue weighted by atomic mass is 35.5. The van der Waals surface area contributed by atoms with Gasteiger partial charge >= 0.3 is 0 Å². The van der Waals surface area contributed by atoms with Crippen molar-refractivity contribution in [2.24, 2.45) is 0 Å². The molecule has 0 spiro atoms. The first-order valence-corrected chi connectivity index (χ1v) is 11.6. The van der Waals surface area contributed by atoms with Crippen molar-refractivity contribution in [1.82, 2.24) is 10.2 Å². The van der Waals surface area contributed by atoms with Crippen LogP contribution in [0.3, 0.4) is 0 Å². The van der Waals surface area contributed by atoms with E-state index in [4.69, 9.17) is 23.2 Å². The highest BCUT2D eigenvalue weighted by Gasteiger charge is 2.28. The number of benzene rings is 2. The molecule has 2 aromatic carbocycles. The molecular weight excluding hydrogens is 439 g/mol. The molecule has 0 aromatic heterocycles. The quantitative estimate of drug-likeness (QED) is 0.553. The van der Waals surface area contributed by atoms with E-state index < -0.39 is 6.04 Å². The van der Waals surface area contributed by atoms with Gasteiger partial charge in [0.25, 0.3) is 0 Å². The number of nitrogens with one attached hydrogen (secondary N) is 1. The molecule has 2 aromatic rings. The van der Waals surface area contributed by atoms with E-state index in [1.165, 1.54) is 11.8 Å². The van der Waals surface area contributed by atoms with Crippen molar-refractivity contribution in [3.8, 4) is 0 Å². The van der Waals surface area contributed by atoms with Crippen molar-refractivity contribution < 1.29 is 9.59 Å². The Morgan fingerprint density at radius 3 is 2.30 bits per heavy atom. The predicted molar refractivity (Wildman–Crippen MR) is 127 cm³/mol. The zero-order chi connectivity index (χ0) is 22.3. The standard InChI is InChI=1S/C23H28Cl2N2O2S/c1-16(22(29)26-23(2,3)4)27(13-17-9-11-19(24)12-10-17)21(28)15-30-14-18-7-5-6-8-20(18)25/h5-12,16H,13-15H2,1-4H3,(H,26,29)/t16-/m0/s1. The summed E-state index contributed by atoms with van der Waals surface area (Å²) in [6.07, 6.45) is 0. The normalized spacial score (nSPS) is 12.3. The molecular formula is C23H28Cl2N2O2S. The van der Waals surface area contributed by atoms with Crippen LogP contribution in [0.15, 0.2) is 48.5 Å². The van der Waals surface area contributed by atoms with Crippen LogP contribution in [0.4, 0.5) is 0 Å². The van der Waals surface area contributed by atoms with E-state index >= 15 is 0 Å². The topological polar surface area (TPSA) is 49.4 Å². The molecule has 0 fully saturated rings. The molecule has 0 radical (unpaired) electrons. The summed E-state index contributed by atoms with van der Waals surface area (Å²) in [6.45, 7) is 7.85. The van der Waals surface area contributed by atoms with Gasteiger partial charge in [0.05, 0.1) is 5.75 Å². The summed E-state index contributed by atoms with van der Waals surface area (Å²) in [7, 11) is 0. The molecule has 0 aliphatic heterocycles. The first-order valence-electron chi connectivity index (χ1n) is 9.74. The fourth-order valence-corrected chi connectivity index (χ4v) is 4.11. The van der Waals surface area contributed by atoms with E-state index in [1.54, 1.807) is 24.0 Å². The molecule has 0 unspecified atom stereocenters. The van der Waals surface area contributed by atoms with Gasteiger partial charge in [-0.25, -0.2) is 0 Å². The Bertz CT molecular complexity index is 866. The molecule has 0 aliphatic carbocycles. The van der Waals surface area contributed by atoms with Crippen LogP contribution < -0.4 is 5.32 Å². The average Bonchev–Trinajstić information content (AvgIpc) is 2.67. The molecule has 0 saturated heterocycles. The van der Waals surface area contributed by atoms with Gasteiger partial charge in [-0.15, -0.1) is 11.8 Å². The number of thioether (sulfide) groups is 1. The minimum Gasteiger partial charge on any atom is -0.350 e. The largest absolute Gasteiger partial charge is 0.350 e. The maximum atomic E-state index is 13.1. The second-order valence-corrected chi connectivity index (χ2v) is 9.98. The third kappa shape index (κ3) is 7.86. The zero-order valence-electron chi connectivity index (χ0n) is 17.7. The monoisotopic (exact) mass is 466 g/mol. The van der Waals surface area contributed by atoms with Gasteiger partial charge in [0.2, 0.25) is 11.8 Å². The number of halogens is 2. The maximum Gasteiger partial charge on any atom is 0.242 e. The Labute approximate surface area is 193 Å². The molecule has 30 heavy (non-hydrogen) atoms. The van der Waals surface area contributed by atoms with E-state index in [0.717, 1.165) is 11.1 Å². The average molecular weight is 467 g/mol. The van der Waals surface area contributed by atoms with Gasteiger partial charge in [-0.3, -0.25) is 9.59 Å². The van der Waals surface area contributed by atoms with Gasteiger partial charge in [-0.1, -0.05) is 53.5 Å². The smallest absolute Gasteiger partial charge is 0.242 e. The van der Waals surface area contributed by atoms with Crippen molar-refractivity contribution in [1.29, 1.82) is 0 Å². The van der Waals surface area contributed by atoms with E-state index in [2.05, 4.69) is 5.32 Å². The summed E-state index contributed by atoms with van der Waals surface area (Å²) in [6, 6.07) is 14.3. The van der Waals surface area contributed by atoms with Gasteiger partial charge in [0, 0.05) is 27.9 Å².